The third kappa shape index (κ3) is 3.12. The Hall–Kier alpha value is -1.71. The number of ether oxygens (including phenoxy) is 2. The molecule has 0 atom stereocenters. The topological polar surface area (TPSA) is 51.0 Å². The summed E-state index contributed by atoms with van der Waals surface area (Å²) in [6.45, 7) is 3.83. The summed E-state index contributed by atoms with van der Waals surface area (Å²) in [7, 11) is 3.29. The van der Waals surface area contributed by atoms with E-state index in [1.165, 1.54) is 0 Å². The zero-order valence-electron chi connectivity index (χ0n) is 10.8. The zero-order chi connectivity index (χ0) is 12.8. The molecule has 1 aromatic carbocycles. The van der Waals surface area contributed by atoms with Crippen molar-refractivity contribution in [2.24, 2.45) is 5.16 Å². The molecule has 0 heterocycles. The molecule has 0 aliphatic heterocycles. The lowest BCUT2D eigenvalue weighted by atomic mass is 10.0. The van der Waals surface area contributed by atoms with Crippen molar-refractivity contribution in [3.8, 4) is 11.5 Å². The molecule has 4 nitrogen and oxygen atoms in total. The van der Waals surface area contributed by atoms with Gasteiger partial charge in [-0.2, -0.15) is 0 Å². The van der Waals surface area contributed by atoms with E-state index in [1.54, 1.807) is 21.1 Å². The molecule has 0 aliphatic rings. The van der Waals surface area contributed by atoms with E-state index in [0.29, 0.717) is 12.1 Å². The van der Waals surface area contributed by atoms with E-state index in [2.05, 4.69) is 12.1 Å². The molecular formula is C13H19NO3. The van der Waals surface area contributed by atoms with Crippen LogP contribution in [0.2, 0.25) is 0 Å². The molecule has 0 aliphatic carbocycles. The first-order valence-corrected chi connectivity index (χ1v) is 5.57. The van der Waals surface area contributed by atoms with Crippen molar-refractivity contribution in [2.75, 3.05) is 14.2 Å². The highest BCUT2D eigenvalue weighted by atomic mass is 16.5. The summed E-state index contributed by atoms with van der Waals surface area (Å²) in [5.74, 6) is 1.64. The Bertz CT molecular complexity index is 413. The van der Waals surface area contributed by atoms with Gasteiger partial charge in [0.05, 0.1) is 19.9 Å². The van der Waals surface area contributed by atoms with E-state index in [-0.39, 0.29) is 0 Å². The van der Waals surface area contributed by atoms with Crippen LogP contribution in [0.3, 0.4) is 0 Å². The second-order valence-corrected chi connectivity index (χ2v) is 3.84. The molecular weight excluding hydrogens is 218 g/mol. The first kappa shape index (κ1) is 13.4. The van der Waals surface area contributed by atoms with Gasteiger partial charge in [0.2, 0.25) is 0 Å². The minimum Gasteiger partial charge on any atom is -0.496 e. The number of hydrogen-bond donors (Lipinski definition) is 1. The van der Waals surface area contributed by atoms with Crippen LogP contribution in [0.1, 0.15) is 25.0 Å². The summed E-state index contributed by atoms with van der Waals surface area (Å²) in [6.07, 6.45) is 1.42. The lowest BCUT2D eigenvalue weighted by Gasteiger charge is -2.13. The molecule has 1 N–H and O–H groups in total. The molecule has 0 amide bonds. The van der Waals surface area contributed by atoms with Crippen molar-refractivity contribution >= 4 is 5.71 Å². The van der Waals surface area contributed by atoms with Crippen molar-refractivity contribution in [3.05, 3.63) is 23.3 Å². The monoisotopic (exact) mass is 237 g/mol. The van der Waals surface area contributed by atoms with Gasteiger partial charge in [-0.25, -0.2) is 0 Å². The van der Waals surface area contributed by atoms with Crippen LogP contribution >= 0.6 is 0 Å². The average molecular weight is 237 g/mol. The molecule has 0 saturated carbocycles. The van der Waals surface area contributed by atoms with E-state index in [4.69, 9.17) is 14.7 Å². The number of aryl methyl sites for hydroxylation is 1. The van der Waals surface area contributed by atoms with Crippen LogP contribution in [-0.4, -0.2) is 25.1 Å². The molecule has 17 heavy (non-hydrogen) atoms. The van der Waals surface area contributed by atoms with Crippen LogP contribution in [-0.2, 0) is 12.8 Å². The maximum absolute atomic E-state index is 8.70. The molecule has 0 bridgehead atoms. The number of benzene rings is 1. The van der Waals surface area contributed by atoms with Gasteiger partial charge in [-0.05, 0) is 31.0 Å². The van der Waals surface area contributed by atoms with Crippen LogP contribution in [0.15, 0.2) is 17.3 Å². The Kier molecular flexibility index (Phi) is 4.82. The Morgan fingerprint density at radius 2 is 1.71 bits per heavy atom. The largest absolute Gasteiger partial charge is 0.496 e. The maximum Gasteiger partial charge on any atom is 0.122 e. The Morgan fingerprint density at radius 1 is 1.18 bits per heavy atom. The highest BCUT2D eigenvalue weighted by Crippen LogP contribution is 2.29. The van der Waals surface area contributed by atoms with Gasteiger partial charge in [-0.3, -0.25) is 0 Å². The highest BCUT2D eigenvalue weighted by molar-refractivity contribution is 5.84. The van der Waals surface area contributed by atoms with Crippen LogP contribution < -0.4 is 9.47 Å². The summed E-state index contributed by atoms with van der Waals surface area (Å²) in [5, 5.41) is 11.9. The van der Waals surface area contributed by atoms with Gasteiger partial charge in [0.25, 0.3) is 0 Å². The second-order valence-electron chi connectivity index (χ2n) is 3.84. The predicted molar refractivity (Wildman–Crippen MR) is 67.5 cm³/mol. The van der Waals surface area contributed by atoms with Crippen LogP contribution in [0.4, 0.5) is 0 Å². The van der Waals surface area contributed by atoms with Crippen LogP contribution in [0, 0.1) is 0 Å². The molecule has 1 rings (SSSR count). The molecule has 0 aromatic heterocycles. The van der Waals surface area contributed by atoms with Gasteiger partial charge < -0.3 is 14.7 Å². The molecule has 0 spiro atoms. The fourth-order valence-corrected chi connectivity index (χ4v) is 1.75. The molecule has 4 heteroatoms. The first-order chi connectivity index (χ1) is 8.15. The number of oxime groups is 1. The van der Waals surface area contributed by atoms with E-state index in [9.17, 15) is 0 Å². The van der Waals surface area contributed by atoms with Gasteiger partial charge in [0, 0.05) is 12.0 Å². The Morgan fingerprint density at radius 3 is 2.18 bits per heavy atom. The van der Waals surface area contributed by atoms with E-state index in [0.717, 1.165) is 29.0 Å². The predicted octanol–water partition coefficient (Wildman–Crippen LogP) is 2.66. The van der Waals surface area contributed by atoms with Gasteiger partial charge in [-0.1, -0.05) is 12.1 Å². The molecule has 1 aromatic rings. The van der Waals surface area contributed by atoms with Crippen molar-refractivity contribution in [3.63, 3.8) is 0 Å². The standard InChI is InChI=1S/C13H19NO3/c1-5-10-7-13(17-4)11(6-9(2)14-15)8-12(10)16-3/h7-8,15H,5-6H2,1-4H3/b14-9-. The molecule has 0 radical (unpaired) electrons. The minimum atomic E-state index is 0.542. The second kappa shape index (κ2) is 6.13. The van der Waals surface area contributed by atoms with Crippen molar-refractivity contribution < 1.29 is 14.7 Å². The smallest absolute Gasteiger partial charge is 0.122 e. The van der Waals surface area contributed by atoms with Crippen LogP contribution in [0.25, 0.3) is 0 Å². The fraction of sp³-hybridized carbons (Fsp3) is 0.462. The van der Waals surface area contributed by atoms with E-state index in [1.807, 2.05) is 12.1 Å². The van der Waals surface area contributed by atoms with Crippen molar-refractivity contribution in [1.82, 2.24) is 0 Å². The molecule has 0 fully saturated rings. The van der Waals surface area contributed by atoms with Crippen molar-refractivity contribution in [2.45, 2.75) is 26.7 Å². The summed E-state index contributed by atoms with van der Waals surface area (Å²) in [6, 6.07) is 3.91. The Balaban J connectivity index is 3.18. The highest BCUT2D eigenvalue weighted by Gasteiger charge is 2.11. The normalized spacial score (nSPS) is 11.4. The molecule has 0 unspecified atom stereocenters. The van der Waals surface area contributed by atoms with Crippen LogP contribution in [0.5, 0.6) is 11.5 Å². The maximum atomic E-state index is 8.70. The molecule has 94 valence electrons. The third-order valence-electron chi connectivity index (χ3n) is 2.68. The molecule has 0 saturated heterocycles. The lowest BCUT2D eigenvalue weighted by molar-refractivity contribution is 0.317. The number of rotatable bonds is 5. The fourth-order valence-electron chi connectivity index (χ4n) is 1.75. The summed E-state index contributed by atoms with van der Waals surface area (Å²) < 4.78 is 10.7. The Labute approximate surface area is 102 Å². The minimum absolute atomic E-state index is 0.542. The SMILES string of the molecule is CCc1cc(OC)c(C/C(C)=N\O)cc1OC. The van der Waals surface area contributed by atoms with E-state index >= 15 is 0 Å². The van der Waals surface area contributed by atoms with Gasteiger partial charge in [0.15, 0.2) is 0 Å². The number of nitrogens with zero attached hydrogens (tertiary/aromatic N) is 1. The average Bonchev–Trinajstić information content (AvgIpc) is 2.37. The number of methoxy groups -OCH3 is 2. The zero-order valence-corrected chi connectivity index (χ0v) is 10.8. The number of hydrogen-bond acceptors (Lipinski definition) is 4. The lowest BCUT2D eigenvalue weighted by Crippen LogP contribution is -2.02. The van der Waals surface area contributed by atoms with Gasteiger partial charge >= 0.3 is 0 Å². The third-order valence-corrected chi connectivity index (χ3v) is 2.68. The quantitative estimate of drug-likeness (QED) is 0.486. The summed E-state index contributed by atoms with van der Waals surface area (Å²) in [4.78, 5) is 0. The van der Waals surface area contributed by atoms with Crippen molar-refractivity contribution in [1.29, 1.82) is 0 Å². The van der Waals surface area contributed by atoms with E-state index < -0.39 is 0 Å². The summed E-state index contributed by atoms with van der Waals surface area (Å²) in [5.41, 5.74) is 2.69. The first-order valence-electron chi connectivity index (χ1n) is 5.57. The summed E-state index contributed by atoms with van der Waals surface area (Å²) >= 11 is 0. The van der Waals surface area contributed by atoms with Gasteiger partial charge in [-0.15, -0.1) is 0 Å². The van der Waals surface area contributed by atoms with Gasteiger partial charge in [0.1, 0.15) is 11.5 Å².